The fourth-order valence-electron chi connectivity index (χ4n) is 0.753. The van der Waals surface area contributed by atoms with Gasteiger partial charge in [0.1, 0.15) is 0 Å². The Morgan fingerprint density at radius 2 is 1.50 bits per heavy atom. The molecule has 0 saturated carbocycles. The lowest BCUT2D eigenvalue weighted by molar-refractivity contribution is 0.0937. The maximum Gasteiger partial charge on any atom is 0.0698 e. The van der Waals surface area contributed by atoms with Crippen LogP contribution in [0.25, 0.3) is 0 Å². The van der Waals surface area contributed by atoms with E-state index in [4.69, 9.17) is 9.84 Å². The highest BCUT2D eigenvalue weighted by Gasteiger charge is 1.86. The fraction of sp³-hybridized carbons (Fsp3) is 1.00. The minimum absolute atomic E-state index is 0.105. The van der Waals surface area contributed by atoms with E-state index in [1.165, 1.54) is 12.8 Å². The molecule has 0 heterocycles. The van der Waals surface area contributed by atoms with Crippen molar-refractivity contribution in [3.63, 3.8) is 0 Å². The highest BCUT2D eigenvalue weighted by molar-refractivity contribution is 4.44. The quantitative estimate of drug-likeness (QED) is 0.394. The van der Waals surface area contributed by atoms with Gasteiger partial charge in [-0.15, -0.1) is 0 Å². The van der Waals surface area contributed by atoms with E-state index in [1.54, 1.807) is 0 Å². The predicted molar refractivity (Wildman–Crippen MR) is 69.7 cm³/mol. The van der Waals surface area contributed by atoms with Crippen LogP contribution in [-0.2, 0) is 4.74 Å². The molecule has 0 aromatic rings. The molecule has 0 rings (SSSR count). The second-order valence-electron chi connectivity index (χ2n) is 3.51. The third kappa shape index (κ3) is 23.6. The maximum atomic E-state index is 8.38. The molecule has 0 aliphatic rings. The Labute approximate surface area is 101 Å². The Kier molecular flexibility index (Phi) is 23.1. The summed E-state index contributed by atoms with van der Waals surface area (Å²) in [6.07, 6.45) is 3.79. The summed E-state index contributed by atoms with van der Waals surface area (Å²) in [6, 6.07) is 0. The second kappa shape index (κ2) is 20.3. The molecule has 0 saturated heterocycles. The lowest BCUT2D eigenvalue weighted by Crippen LogP contribution is -2.31. The van der Waals surface area contributed by atoms with Crippen LogP contribution in [0.4, 0.5) is 0 Å². The van der Waals surface area contributed by atoms with Gasteiger partial charge in [-0.2, -0.15) is 0 Å². The topological polar surface area (TPSA) is 53.5 Å². The first-order valence-corrected chi connectivity index (χ1v) is 6.43. The summed E-state index contributed by atoms with van der Waals surface area (Å²) in [4.78, 5) is 0. The van der Waals surface area contributed by atoms with Crippen LogP contribution in [0, 0.1) is 0 Å². The van der Waals surface area contributed by atoms with Crippen molar-refractivity contribution >= 4 is 0 Å². The molecule has 0 aliphatic heterocycles. The van der Waals surface area contributed by atoms with Gasteiger partial charge >= 0.3 is 0 Å². The number of hydrogen-bond donors (Lipinski definition) is 3. The molecule has 4 nitrogen and oxygen atoms in total. The first-order chi connectivity index (χ1) is 7.83. The lowest BCUT2D eigenvalue weighted by Gasteiger charge is -2.05. The van der Waals surface area contributed by atoms with Gasteiger partial charge in [-0.25, -0.2) is 0 Å². The molecule has 0 spiro atoms. The average molecular weight is 234 g/mol. The molecule has 100 valence electrons. The summed E-state index contributed by atoms with van der Waals surface area (Å²) >= 11 is 0. The number of aliphatic hydroxyl groups excluding tert-OH is 1. The van der Waals surface area contributed by atoms with Crippen LogP contribution >= 0.6 is 0 Å². The largest absolute Gasteiger partial charge is 0.394 e. The monoisotopic (exact) mass is 234 g/mol. The first kappa shape index (κ1) is 18.2. The van der Waals surface area contributed by atoms with E-state index in [0.29, 0.717) is 13.2 Å². The van der Waals surface area contributed by atoms with Crippen molar-refractivity contribution in [1.82, 2.24) is 10.6 Å². The van der Waals surface area contributed by atoms with E-state index >= 15 is 0 Å². The molecular formula is C12H30N2O2. The summed E-state index contributed by atoms with van der Waals surface area (Å²) in [5, 5.41) is 14.8. The van der Waals surface area contributed by atoms with Crippen LogP contribution in [0.15, 0.2) is 0 Å². The molecule has 0 atom stereocenters. The zero-order valence-corrected chi connectivity index (χ0v) is 11.2. The molecule has 0 aliphatic carbocycles. The minimum atomic E-state index is 0.105. The Hall–Kier alpha value is -0.160. The minimum Gasteiger partial charge on any atom is -0.394 e. The van der Waals surface area contributed by atoms with Crippen LogP contribution in [-0.4, -0.2) is 44.7 Å². The van der Waals surface area contributed by atoms with Gasteiger partial charge < -0.3 is 20.5 Å². The van der Waals surface area contributed by atoms with E-state index in [0.717, 1.165) is 26.2 Å². The normalized spacial score (nSPS) is 9.75. The molecule has 4 heteroatoms. The molecule has 0 fully saturated rings. The first-order valence-electron chi connectivity index (χ1n) is 6.43. The van der Waals surface area contributed by atoms with E-state index in [1.807, 2.05) is 0 Å². The summed E-state index contributed by atoms with van der Waals surface area (Å²) in [7, 11) is 0. The van der Waals surface area contributed by atoms with Gasteiger partial charge in [-0.3, -0.25) is 0 Å². The van der Waals surface area contributed by atoms with Crippen molar-refractivity contribution in [1.29, 1.82) is 0 Å². The predicted octanol–water partition coefficient (Wildman–Crippen LogP) is 1.35. The van der Waals surface area contributed by atoms with Gasteiger partial charge in [0.05, 0.1) is 19.8 Å². The summed E-state index contributed by atoms with van der Waals surface area (Å²) in [5.41, 5.74) is 0. The Bertz CT molecular complexity index is 91.0. The molecule has 0 radical (unpaired) electrons. The van der Waals surface area contributed by atoms with E-state index in [2.05, 4.69) is 31.4 Å². The number of aliphatic hydroxyl groups is 1. The van der Waals surface area contributed by atoms with Crippen LogP contribution < -0.4 is 10.6 Å². The van der Waals surface area contributed by atoms with Crippen molar-refractivity contribution in [2.24, 2.45) is 0 Å². The van der Waals surface area contributed by atoms with Crippen molar-refractivity contribution in [2.45, 2.75) is 40.0 Å². The molecule has 0 amide bonds. The van der Waals surface area contributed by atoms with Gasteiger partial charge in [0, 0.05) is 13.2 Å². The van der Waals surface area contributed by atoms with Crippen LogP contribution in [0.2, 0.25) is 0 Å². The highest BCUT2D eigenvalue weighted by atomic mass is 16.5. The fourth-order valence-corrected chi connectivity index (χ4v) is 0.753. The Morgan fingerprint density at radius 3 is 2.00 bits per heavy atom. The SMILES string of the molecule is CCCC.CCCNCNCCOCCO. The van der Waals surface area contributed by atoms with E-state index < -0.39 is 0 Å². The summed E-state index contributed by atoms with van der Waals surface area (Å²) in [6.45, 7) is 10.4. The number of hydrogen-bond acceptors (Lipinski definition) is 4. The van der Waals surface area contributed by atoms with Crippen molar-refractivity contribution in [2.75, 3.05) is 39.6 Å². The van der Waals surface area contributed by atoms with Crippen LogP contribution in [0.5, 0.6) is 0 Å². The zero-order valence-electron chi connectivity index (χ0n) is 11.2. The van der Waals surface area contributed by atoms with Gasteiger partial charge in [-0.1, -0.05) is 33.6 Å². The summed E-state index contributed by atoms with van der Waals surface area (Å²) < 4.78 is 5.05. The van der Waals surface area contributed by atoms with Crippen molar-refractivity contribution in [3.8, 4) is 0 Å². The van der Waals surface area contributed by atoms with Crippen LogP contribution in [0.1, 0.15) is 40.0 Å². The van der Waals surface area contributed by atoms with Gasteiger partial charge in [-0.05, 0) is 13.0 Å². The number of ether oxygens (including phenoxy) is 1. The van der Waals surface area contributed by atoms with E-state index in [-0.39, 0.29) is 6.61 Å². The molecule has 0 aromatic heterocycles. The summed E-state index contributed by atoms with van der Waals surface area (Å²) in [5.74, 6) is 0. The van der Waals surface area contributed by atoms with Gasteiger partial charge in [0.25, 0.3) is 0 Å². The van der Waals surface area contributed by atoms with Gasteiger partial charge in [0.15, 0.2) is 0 Å². The zero-order chi connectivity index (χ0) is 12.5. The molecule has 0 bridgehead atoms. The standard InChI is InChI=1S/C8H20N2O2.C4H10/c1-2-3-9-8-10-4-6-12-7-5-11;1-3-4-2/h9-11H,2-8H2,1H3;3-4H2,1-2H3. The molecule has 16 heavy (non-hydrogen) atoms. The molecule has 0 aromatic carbocycles. The van der Waals surface area contributed by atoms with E-state index in [9.17, 15) is 0 Å². The molecule has 3 N–H and O–H groups in total. The third-order valence-electron chi connectivity index (χ3n) is 1.84. The average Bonchev–Trinajstić information content (AvgIpc) is 2.33. The molecule has 0 unspecified atom stereocenters. The smallest absolute Gasteiger partial charge is 0.0698 e. The second-order valence-corrected chi connectivity index (χ2v) is 3.51. The number of nitrogens with one attached hydrogen (secondary N) is 2. The van der Waals surface area contributed by atoms with Crippen molar-refractivity contribution in [3.05, 3.63) is 0 Å². The van der Waals surface area contributed by atoms with Crippen LogP contribution in [0.3, 0.4) is 0 Å². The highest BCUT2D eigenvalue weighted by Crippen LogP contribution is 1.76. The number of unbranched alkanes of at least 4 members (excludes halogenated alkanes) is 1. The van der Waals surface area contributed by atoms with Crippen molar-refractivity contribution < 1.29 is 9.84 Å². The lowest BCUT2D eigenvalue weighted by atomic mass is 10.4. The maximum absolute atomic E-state index is 8.38. The van der Waals surface area contributed by atoms with Gasteiger partial charge in [0.2, 0.25) is 0 Å². The Balaban J connectivity index is 0. The third-order valence-corrected chi connectivity index (χ3v) is 1.84. The molecular weight excluding hydrogens is 204 g/mol. The number of rotatable bonds is 10. The Morgan fingerprint density at radius 1 is 0.875 bits per heavy atom.